The van der Waals surface area contributed by atoms with E-state index in [4.69, 9.17) is 4.18 Å². The Balaban J connectivity index is 1.98. The summed E-state index contributed by atoms with van der Waals surface area (Å²) in [5.74, 6) is -0.660. The number of phenolic OH excluding ortho intramolecular Hbond substituents is 1. The van der Waals surface area contributed by atoms with Crippen LogP contribution in [0.25, 0.3) is 0 Å². The summed E-state index contributed by atoms with van der Waals surface area (Å²) in [5.41, 5.74) is 0.144. The van der Waals surface area contributed by atoms with Gasteiger partial charge in [0.05, 0.1) is 0 Å². The average Bonchev–Trinajstić information content (AvgIpc) is 2.79. The van der Waals surface area contributed by atoms with Gasteiger partial charge in [-0.3, -0.25) is 0 Å². The van der Waals surface area contributed by atoms with E-state index in [1.54, 1.807) is 18.2 Å². The van der Waals surface area contributed by atoms with Crippen molar-refractivity contribution >= 4 is 84.1 Å². The summed E-state index contributed by atoms with van der Waals surface area (Å²) < 4.78 is 9.74. The van der Waals surface area contributed by atoms with Gasteiger partial charge in [0.1, 0.15) is 11.3 Å². The summed E-state index contributed by atoms with van der Waals surface area (Å²) in [5, 5.41) is 10.3. The van der Waals surface area contributed by atoms with Crippen molar-refractivity contribution in [3.63, 3.8) is 0 Å². The molecule has 1 N–H and O–H groups in total. The second-order valence-electron chi connectivity index (χ2n) is 6.81. The molecule has 0 saturated carbocycles. The van der Waals surface area contributed by atoms with Crippen LogP contribution in [0.1, 0.15) is 10.4 Å². The van der Waals surface area contributed by atoms with Crippen LogP contribution in [-0.2, 0) is 4.18 Å². The molecule has 0 aliphatic carbocycles. The highest BCUT2D eigenvalue weighted by Gasteiger charge is 2.36. The molecule has 0 atom stereocenters. The fourth-order valence-corrected chi connectivity index (χ4v) is 7.29. The molecular weight excluding hydrogens is 761 g/mol. The highest BCUT2D eigenvalue weighted by molar-refractivity contribution is 14.1. The molecule has 0 bridgehead atoms. The van der Waals surface area contributed by atoms with Crippen molar-refractivity contribution in [3.05, 3.63) is 113 Å². The molecule has 0 aliphatic heterocycles. The molecule has 0 spiro atoms. The van der Waals surface area contributed by atoms with Crippen LogP contribution >= 0.6 is 78.1 Å². The molecular formula is C25H17I3O3S. The number of phenols is 1. The third-order valence-electron chi connectivity index (χ3n) is 4.76. The van der Waals surface area contributed by atoms with Crippen LogP contribution in [0.2, 0.25) is 0 Å². The van der Waals surface area contributed by atoms with Crippen molar-refractivity contribution in [2.45, 2.75) is 14.7 Å². The first-order valence-electron chi connectivity index (χ1n) is 9.52. The molecule has 4 aromatic rings. The van der Waals surface area contributed by atoms with E-state index in [1.807, 2.05) is 72.8 Å². The highest BCUT2D eigenvalue weighted by Crippen LogP contribution is 2.69. The van der Waals surface area contributed by atoms with Crippen LogP contribution in [-0.4, -0.2) is 11.1 Å². The number of halogens is 3. The standard InChI is InChI=1S/C25H17I3O3S/c26-17-5-11-20(12-6-17)32(21-13-7-18(27)8-14-21,22-15-9-19(28)10-16-22)31-25(30)23-3-1-2-4-24(23)29/h1-16,29H. The maximum absolute atomic E-state index is 13.4. The molecule has 7 heteroatoms. The zero-order chi connectivity index (χ0) is 22.7. The molecule has 0 heterocycles. The molecule has 0 amide bonds. The van der Waals surface area contributed by atoms with Crippen LogP contribution in [0.15, 0.2) is 112 Å². The zero-order valence-corrected chi connectivity index (χ0v) is 23.8. The van der Waals surface area contributed by atoms with E-state index in [2.05, 4.69) is 67.8 Å². The van der Waals surface area contributed by atoms with Crippen molar-refractivity contribution in [1.29, 1.82) is 0 Å². The van der Waals surface area contributed by atoms with E-state index in [-0.39, 0.29) is 11.3 Å². The van der Waals surface area contributed by atoms with Gasteiger partial charge in [-0.05, 0) is 163 Å². The first-order chi connectivity index (χ1) is 15.4. The Morgan fingerprint density at radius 2 is 1.00 bits per heavy atom. The lowest BCUT2D eigenvalue weighted by Crippen LogP contribution is -2.14. The summed E-state index contributed by atoms with van der Waals surface area (Å²) in [7, 11) is -2.42. The fourth-order valence-electron chi connectivity index (χ4n) is 3.24. The first kappa shape index (κ1) is 23.8. The lowest BCUT2D eigenvalue weighted by molar-refractivity contribution is 0.0754. The van der Waals surface area contributed by atoms with E-state index in [0.29, 0.717) is 0 Å². The maximum Gasteiger partial charge on any atom is 0.353 e. The molecule has 0 fully saturated rings. The first-order valence-corrected chi connectivity index (χ1v) is 14.3. The number of aromatic hydroxyl groups is 1. The number of benzene rings is 4. The minimum absolute atomic E-state index is 0.0985. The van der Waals surface area contributed by atoms with Gasteiger partial charge in [0.15, 0.2) is 0 Å². The zero-order valence-electron chi connectivity index (χ0n) is 16.5. The smallest absolute Gasteiger partial charge is 0.353 e. The SMILES string of the molecule is O=C(OS(c1ccc(I)cc1)(c1ccc(I)cc1)c1ccc(I)cc1)c1ccccc1O. The van der Waals surface area contributed by atoms with Crippen molar-refractivity contribution in [1.82, 2.24) is 0 Å². The van der Waals surface area contributed by atoms with Gasteiger partial charge in [0, 0.05) is 25.4 Å². The molecule has 4 aromatic carbocycles. The lowest BCUT2D eigenvalue weighted by Gasteiger charge is -2.40. The summed E-state index contributed by atoms with van der Waals surface area (Å²) in [6.45, 7) is 0. The predicted octanol–water partition coefficient (Wildman–Crippen LogP) is 8.26. The van der Waals surface area contributed by atoms with Crippen molar-refractivity contribution in [3.8, 4) is 5.75 Å². The van der Waals surface area contributed by atoms with E-state index >= 15 is 0 Å². The van der Waals surface area contributed by atoms with Crippen molar-refractivity contribution in [2.75, 3.05) is 0 Å². The second-order valence-corrected chi connectivity index (χ2v) is 13.2. The Morgan fingerprint density at radius 3 is 1.38 bits per heavy atom. The topological polar surface area (TPSA) is 46.5 Å². The van der Waals surface area contributed by atoms with Crippen LogP contribution in [0.3, 0.4) is 0 Å². The van der Waals surface area contributed by atoms with E-state index < -0.39 is 16.3 Å². The van der Waals surface area contributed by atoms with Crippen molar-refractivity contribution < 1.29 is 14.1 Å². The molecule has 162 valence electrons. The molecule has 0 saturated heterocycles. The summed E-state index contributed by atoms with van der Waals surface area (Å²) in [6.07, 6.45) is 0. The van der Waals surface area contributed by atoms with Gasteiger partial charge in [-0.15, -0.1) is 0 Å². The minimum Gasteiger partial charge on any atom is -0.507 e. The number of para-hydroxylation sites is 1. The van der Waals surface area contributed by atoms with E-state index in [1.165, 1.54) is 6.07 Å². The number of rotatable bonds is 5. The Bertz CT molecular complexity index is 1130. The quantitative estimate of drug-likeness (QED) is 0.208. The Morgan fingerprint density at radius 1 is 0.625 bits per heavy atom. The Kier molecular flexibility index (Phi) is 7.68. The monoisotopic (exact) mass is 778 g/mol. The third-order valence-corrected chi connectivity index (χ3v) is 10.1. The fraction of sp³-hybridized carbons (Fsp3) is 0. The van der Waals surface area contributed by atoms with Crippen LogP contribution in [0.5, 0.6) is 5.75 Å². The number of hydrogen-bond acceptors (Lipinski definition) is 3. The number of carbonyl (C=O) groups excluding carboxylic acids is 1. The van der Waals surface area contributed by atoms with Crippen LogP contribution in [0.4, 0.5) is 0 Å². The van der Waals surface area contributed by atoms with E-state index in [0.717, 1.165) is 25.4 Å². The molecule has 0 aliphatic rings. The van der Waals surface area contributed by atoms with Crippen molar-refractivity contribution in [2.24, 2.45) is 0 Å². The number of hydrogen-bond donors (Lipinski definition) is 1. The Labute approximate surface area is 229 Å². The largest absolute Gasteiger partial charge is 0.507 e. The van der Waals surface area contributed by atoms with Gasteiger partial charge in [0.2, 0.25) is 0 Å². The average molecular weight is 778 g/mol. The molecule has 0 unspecified atom stereocenters. The summed E-state index contributed by atoms with van der Waals surface area (Å²) in [4.78, 5) is 16.2. The molecule has 0 aromatic heterocycles. The maximum atomic E-state index is 13.4. The van der Waals surface area contributed by atoms with Gasteiger partial charge in [-0.1, -0.05) is 12.1 Å². The Hall–Kier alpha value is -1.31. The summed E-state index contributed by atoms with van der Waals surface area (Å²) in [6, 6.07) is 30.7. The highest BCUT2D eigenvalue weighted by atomic mass is 127. The van der Waals surface area contributed by atoms with Crippen LogP contribution < -0.4 is 0 Å². The minimum atomic E-state index is -2.42. The van der Waals surface area contributed by atoms with E-state index in [9.17, 15) is 9.90 Å². The molecule has 3 nitrogen and oxygen atoms in total. The van der Waals surface area contributed by atoms with Gasteiger partial charge in [-0.25, -0.2) is 4.79 Å². The van der Waals surface area contributed by atoms with Gasteiger partial charge < -0.3 is 9.29 Å². The van der Waals surface area contributed by atoms with Gasteiger partial charge in [-0.2, -0.15) is 0 Å². The molecule has 0 radical (unpaired) electrons. The molecule has 4 rings (SSSR count). The van der Waals surface area contributed by atoms with Gasteiger partial charge in [0.25, 0.3) is 0 Å². The lowest BCUT2D eigenvalue weighted by atomic mass is 10.2. The van der Waals surface area contributed by atoms with Crippen LogP contribution in [0, 0.1) is 10.7 Å². The normalized spacial score (nSPS) is 11.7. The predicted molar refractivity (Wildman–Crippen MR) is 153 cm³/mol. The summed E-state index contributed by atoms with van der Waals surface area (Å²) >= 11 is 6.80. The third kappa shape index (κ3) is 4.95. The van der Waals surface area contributed by atoms with Gasteiger partial charge >= 0.3 is 5.97 Å². The molecule has 32 heavy (non-hydrogen) atoms. The second kappa shape index (κ2) is 10.3. The number of carbonyl (C=O) groups is 1.